The van der Waals surface area contributed by atoms with E-state index >= 15 is 0 Å². The topological polar surface area (TPSA) is 58.2 Å². The molecule has 0 saturated heterocycles. The molecule has 2 aliphatic rings. The van der Waals surface area contributed by atoms with Crippen molar-refractivity contribution >= 4 is 23.2 Å². The van der Waals surface area contributed by atoms with Gasteiger partial charge in [-0.15, -0.1) is 0 Å². The molecular weight excluding hydrogens is 360 g/mol. The van der Waals surface area contributed by atoms with Gasteiger partial charge in [-0.2, -0.15) is 0 Å². The van der Waals surface area contributed by atoms with Crippen LogP contribution in [0, 0.1) is 22.7 Å². The zero-order valence-electron chi connectivity index (χ0n) is 17.7. The average molecular weight is 391 g/mol. The van der Waals surface area contributed by atoms with E-state index in [1.165, 1.54) is 11.1 Å². The van der Waals surface area contributed by atoms with Gasteiger partial charge in [-0.3, -0.25) is 9.59 Å². The monoisotopic (exact) mass is 390 g/mol. The summed E-state index contributed by atoms with van der Waals surface area (Å²) in [5, 5.41) is 6.03. The second-order valence-corrected chi connectivity index (χ2v) is 10.0. The predicted octanol–water partition coefficient (Wildman–Crippen LogP) is 5.25. The molecule has 4 heteroatoms. The number of rotatable bonds is 6. The number of carbonyl (C=O) groups excluding carboxylic acids is 2. The zero-order chi connectivity index (χ0) is 20.8. The van der Waals surface area contributed by atoms with Gasteiger partial charge in [0.25, 0.3) is 0 Å². The molecule has 0 aliphatic heterocycles. The Hall–Kier alpha value is -2.62. The molecule has 0 radical (unpaired) electrons. The van der Waals surface area contributed by atoms with E-state index in [1.54, 1.807) is 0 Å². The Labute approximate surface area is 173 Å². The van der Waals surface area contributed by atoms with Crippen molar-refractivity contribution < 1.29 is 9.59 Å². The molecule has 2 saturated carbocycles. The number of benzene rings is 2. The van der Waals surface area contributed by atoms with Gasteiger partial charge in [-0.05, 0) is 65.5 Å². The Kier molecular flexibility index (Phi) is 4.76. The lowest BCUT2D eigenvalue weighted by Gasteiger charge is -2.09. The Bertz CT molecular complexity index is 849. The van der Waals surface area contributed by atoms with Gasteiger partial charge in [-0.25, -0.2) is 0 Å². The molecule has 2 fully saturated rings. The molecule has 2 aromatic rings. The van der Waals surface area contributed by atoms with Gasteiger partial charge in [0.15, 0.2) is 0 Å². The van der Waals surface area contributed by atoms with E-state index in [-0.39, 0.29) is 34.5 Å². The number of hydrogen-bond donors (Lipinski definition) is 2. The first-order chi connectivity index (χ1) is 13.6. The summed E-state index contributed by atoms with van der Waals surface area (Å²) in [7, 11) is 0. The van der Waals surface area contributed by atoms with Gasteiger partial charge in [0.2, 0.25) is 11.8 Å². The van der Waals surface area contributed by atoms with Crippen LogP contribution in [0.2, 0.25) is 0 Å². The molecule has 152 valence electrons. The van der Waals surface area contributed by atoms with Crippen LogP contribution in [0.3, 0.4) is 0 Å². The summed E-state index contributed by atoms with van der Waals surface area (Å²) in [6.07, 6.45) is 2.74. The average Bonchev–Trinajstić information content (AvgIpc) is 3.52. The standard InChI is InChI=1S/C25H30N2O2/c1-24(2)14-20(24)22(28)26-18-9-5-16(6-10-18)13-17-7-11-19(12-8-17)27-23(29)21-15-25(21,3)4/h5-12,20-21H,13-15H2,1-4H3,(H,26,28)(H,27,29). The first kappa shape index (κ1) is 19.7. The minimum atomic E-state index is 0.120. The minimum Gasteiger partial charge on any atom is -0.326 e. The number of amides is 2. The highest BCUT2D eigenvalue weighted by atomic mass is 16.2. The number of nitrogens with one attached hydrogen (secondary N) is 2. The fourth-order valence-corrected chi connectivity index (χ4v) is 3.94. The van der Waals surface area contributed by atoms with Crippen molar-refractivity contribution in [1.82, 2.24) is 0 Å². The lowest BCUT2D eigenvalue weighted by Crippen LogP contribution is -2.16. The fourth-order valence-electron chi connectivity index (χ4n) is 3.94. The van der Waals surface area contributed by atoms with E-state index in [0.29, 0.717) is 0 Å². The van der Waals surface area contributed by atoms with Gasteiger partial charge in [0.1, 0.15) is 0 Å². The minimum absolute atomic E-state index is 0.120. The third-order valence-electron chi connectivity index (χ3n) is 6.51. The van der Waals surface area contributed by atoms with Crippen LogP contribution in [-0.2, 0) is 16.0 Å². The number of anilines is 2. The van der Waals surface area contributed by atoms with Crippen molar-refractivity contribution in [3.8, 4) is 0 Å². The van der Waals surface area contributed by atoms with E-state index in [1.807, 2.05) is 24.3 Å². The zero-order valence-corrected chi connectivity index (χ0v) is 17.7. The maximum Gasteiger partial charge on any atom is 0.228 e. The molecule has 2 amide bonds. The SMILES string of the molecule is CC1(C)CC1C(=O)Nc1ccc(Cc2ccc(NC(=O)C3CC3(C)C)cc2)cc1. The molecule has 0 bridgehead atoms. The van der Waals surface area contributed by atoms with Crippen molar-refractivity contribution in [2.45, 2.75) is 47.0 Å². The number of carbonyl (C=O) groups is 2. The molecule has 4 nitrogen and oxygen atoms in total. The third-order valence-corrected chi connectivity index (χ3v) is 6.51. The van der Waals surface area contributed by atoms with Gasteiger partial charge >= 0.3 is 0 Å². The summed E-state index contributed by atoms with van der Waals surface area (Å²) in [6.45, 7) is 8.51. The Morgan fingerprint density at radius 1 is 0.724 bits per heavy atom. The quantitative estimate of drug-likeness (QED) is 0.708. The van der Waals surface area contributed by atoms with E-state index in [9.17, 15) is 9.59 Å². The molecule has 2 aromatic carbocycles. The Morgan fingerprint density at radius 3 is 1.31 bits per heavy atom. The molecular formula is C25H30N2O2. The van der Waals surface area contributed by atoms with Crippen LogP contribution in [0.15, 0.2) is 48.5 Å². The van der Waals surface area contributed by atoms with E-state index in [2.05, 4.69) is 62.6 Å². The molecule has 2 unspecified atom stereocenters. The summed E-state index contributed by atoms with van der Waals surface area (Å²) in [5.41, 5.74) is 4.36. The highest BCUT2D eigenvalue weighted by molar-refractivity contribution is 5.95. The first-order valence-electron chi connectivity index (χ1n) is 10.4. The lowest BCUT2D eigenvalue weighted by atomic mass is 10.0. The molecule has 4 rings (SSSR count). The van der Waals surface area contributed by atoms with Crippen molar-refractivity contribution in [2.24, 2.45) is 22.7 Å². The van der Waals surface area contributed by atoms with Gasteiger partial charge in [-0.1, -0.05) is 52.0 Å². The highest BCUT2D eigenvalue weighted by Crippen LogP contribution is 2.52. The molecule has 0 spiro atoms. The lowest BCUT2D eigenvalue weighted by molar-refractivity contribution is -0.118. The van der Waals surface area contributed by atoms with Crippen LogP contribution in [0.4, 0.5) is 11.4 Å². The van der Waals surface area contributed by atoms with Gasteiger partial charge < -0.3 is 10.6 Å². The molecule has 0 heterocycles. The van der Waals surface area contributed by atoms with Crippen LogP contribution in [0.1, 0.15) is 51.7 Å². The second-order valence-electron chi connectivity index (χ2n) is 10.0. The Morgan fingerprint density at radius 2 is 1.03 bits per heavy atom. The highest BCUT2D eigenvalue weighted by Gasteiger charge is 2.51. The molecule has 2 N–H and O–H groups in total. The van der Waals surface area contributed by atoms with Crippen LogP contribution >= 0.6 is 0 Å². The van der Waals surface area contributed by atoms with Crippen molar-refractivity contribution in [3.05, 3.63) is 59.7 Å². The van der Waals surface area contributed by atoms with E-state index < -0.39 is 0 Å². The first-order valence-corrected chi connectivity index (χ1v) is 10.4. The Balaban J connectivity index is 1.30. The van der Waals surface area contributed by atoms with Crippen molar-refractivity contribution in [2.75, 3.05) is 10.6 Å². The predicted molar refractivity (Wildman–Crippen MR) is 117 cm³/mol. The normalized spacial score (nSPS) is 23.2. The van der Waals surface area contributed by atoms with Gasteiger partial charge in [0, 0.05) is 23.2 Å². The van der Waals surface area contributed by atoms with Crippen molar-refractivity contribution in [1.29, 1.82) is 0 Å². The van der Waals surface area contributed by atoms with E-state index in [4.69, 9.17) is 0 Å². The van der Waals surface area contributed by atoms with Crippen LogP contribution < -0.4 is 10.6 Å². The molecule has 2 aliphatic carbocycles. The summed E-state index contributed by atoms with van der Waals surface area (Å²) >= 11 is 0. The van der Waals surface area contributed by atoms with Crippen LogP contribution in [-0.4, -0.2) is 11.8 Å². The maximum absolute atomic E-state index is 12.2. The van der Waals surface area contributed by atoms with Crippen molar-refractivity contribution in [3.63, 3.8) is 0 Å². The summed E-state index contributed by atoms with van der Waals surface area (Å²) in [5.74, 6) is 0.504. The number of hydrogen-bond acceptors (Lipinski definition) is 2. The summed E-state index contributed by atoms with van der Waals surface area (Å²) in [6, 6.07) is 16.1. The molecule has 2 atom stereocenters. The van der Waals surface area contributed by atoms with E-state index in [0.717, 1.165) is 30.6 Å². The van der Waals surface area contributed by atoms with Gasteiger partial charge in [0.05, 0.1) is 0 Å². The fraction of sp³-hybridized carbons (Fsp3) is 0.440. The third kappa shape index (κ3) is 4.52. The molecule has 29 heavy (non-hydrogen) atoms. The smallest absolute Gasteiger partial charge is 0.228 e. The summed E-state index contributed by atoms with van der Waals surface area (Å²) in [4.78, 5) is 24.4. The second kappa shape index (κ2) is 7.01. The largest absolute Gasteiger partial charge is 0.326 e. The maximum atomic E-state index is 12.2. The summed E-state index contributed by atoms with van der Waals surface area (Å²) < 4.78 is 0. The molecule has 0 aromatic heterocycles. The van der Waals surface area contributed by atoms with Crippen LogP contribution in [0.25, 0.3) is 0 Å². The van der Waals surface area contributed by atoms with Crippen LogP contribution in [0.5, 0.6) is 0 Å².